The summed E-state index contributed by atoms with van der Waals surface area (Å²) in [7, 11) is 0. The van der Waals surface area contributed by atoms with Gasteiger partial charge in [-0.2, -0.15) is 13.2 Å². The van der Waals surface area contributed by atoms with Gasteiger partial charge in [-0.3, -0.25) is 9.78 Å². The summed E-state index contributed by atoms with van der Waals surface area (Å²) in [6, 6.07) is 17.9. The molecule has 60 heavy (non-hydrogen) atoms. The summed E-state index contributed by atoms with van der Waals surface area (Å²) in [5.74, 6) is -0.562. The lowest BCUT2D eigenvalue weighted by Crippen LogP contribution is -2.53. The number of H-pyrrole nitrogens is 1. The molecule has 0 unspecified atom stereocenters. The molecule has 3 N–H and O–H groups in total. The van der Waals surface area contributed by atoms with Crippen molar-refractivity contribution in [3.05, 3.63) is 98.9 Å². The highest BCUT2D eigenvalue weighted by atomic mass is 35.5. The molecule has 0 saturated carbocycles. The summed E-state index contributed by atoms with van der Waals surface area (Å²) in [5.41, 5.74) is 5.50. The van der Waals surface area contributed by atoms with Gasteiger partial charge >= 0.3 is 23.9 Å². The third-order valence-corrected chi connectivity index (χ3v) is 11.2. The molecule has 2 aliphatic rings. The number of likely N-dealkylation sites (N-methyl/N-ethyl adjacent to an activating group) is 1. The molecule has 0 radical (unpaired) electrons. The van der Waals surface area contributed by atoms with Gasteiger partial charge in [0.25, 0.3) is 5.91 Å². The van der Waals surface area contributed by atoms with Gasteiger partial charge in [-0.15, -0.1) is 5.10 Å². The highest BCUT2D eigenvalue weighted by Crippen LogP contribution is 2.38. The molecule has 0 aliphatic carbocycles. The van der Waals surface area contributed by atoms with Crippen molar-refractivity contribution in [3.8, 4) is 11.4 Å². The molecule has 2 aliphatic heterocycles. The molecule has 322 valence electrons. The van der Waals surface area contributed by atoms with Gasteiger partial charge in [0.15, 0.2) is 11.9 Å². The van der Waals surface area contributed by atoms with Gasteiger partial charge < -0.3 is 34.8 Å². The van der Waals surface area contributed by atoms with E-state index in [2.05, 4.69) is 28.8 Å². The van der Waals surface area contributed by atoms with E-state index < -0.39 is 41.5 Å². The van der Waals surface area contributed by atoms with Crippen molar-refractivity contribution in [2.75, 3.05) is 76.1 Å². The second kappa shape index (κ2) is 19.7. The Morgan fingerprint density at radius 3 is 2.27 bits per heavy atom. The molecule has 2 amide bonds. The van der Waals surface area contributed by atoms with Crippen LogP contribution in [-0.4, -0.2) is 119 Å². The Morgan fingerprint density at radius 1 is 0.950 bits per heavy atom. The molecule has 4 aromatic rings. The van der Waals surface area contributed by atoms with Gasteiger partial charge in [0, 0.05) is 63.5 Å². The Bertz CT molecular complexity index is 2150. The Labute approximate surface area is 350 Å². The number of ether oxygens (including phenoxy) is 2. The number of esters is 1. The van der Waals surface area contributed by atoms with Crippen LogP contribution in [0.5, 0.6) is 0 Å². The number of nitrogens with two attached hydrogens (primary N) is 1. The van der Waals surface area contributed by atoms with Crippen molar-refractivity contribution < 1.29 is 37.0 Å². The number of carbonyl (C=O) groups is 3. The van der Waals surface area contributed by atoms with Crippen molar-refractivity contribution in [2.45, 2.75) is 57.9 Å². The van der Waals surface area contributed by atoms with Crippen molar-refractivity contribution in [1.82, 2.24) is 29.5 Å². The number of likely N-dealkylation sites (tertiary alicyclic amines) is 1. The number of rotatable bonds is 14. The maximum absolute atomic E-state index is 14.1. The Morgan fingerprint density at radius 2 is 1.63 bits per heavy atom. The molecular weight excluding hydrogens is 805 g/mol. The quantitative estimate of drug-likeness (QED) is 0.112. The number of amides is 2. The number of aromatic nitrogens is 3. The van der Waals surface area contributed by atoms with E-state index in [-0.39, 0.29) is 54.9 Å². The maximum atomic E-state index is 14.1. The molecule has 0 spiro atoms. The van der Waals surface area contributed by atoms with Crippen LogP contribution in [0.2, 0.25) is 5.02 Å². The summed E-state index contributed by atoms with van der Waals surface area (Å²) in [5, 5.41) is 4.14. The highest BCUT2D eigenvalue weighted by Gasteiger charge is 2.37. The van der Waals surface area contributed by atoms with Crippen LogP contribution in [0.4, 0.5) is 29.3 Å². The highest BCUT2D eigenvalue weighted by molar-refractivity contribution is 6.33. The van der Waals surface area contributed by atoms with Crippen LogP contribution in [0.3, 0.4) is 0 Å². The fourth-order valence-corrected chi connectivity index (χ4v) is 7.75. The molecule has 1 atom stereocenters. The first-order valence-electron chi connectivity index (χ1n) is 20.1. The minimum Gasteiger partial charge on any atom is -0.461 e. The van der Waals surface area contributed by atoms with E-state index in [1.165, 1.54) is 20.5 Å². The number of alkyl halides is 3. The number of aromatic amines is 1. The number of hydrogen-bond donors (Lipinski definition) is 2. The van der Waals surface area contributed by atoms with Crippen LogP contribution in [0.25, 0.3) is 11.4 Å². The van der Waals surface area contributed by atoms with Crippen molar-refractivity contribution in [2.24, 2.45) is 0 Å². The van der Waals surface area contributed by atoms with Crippen LogP contribution in [0.15, 0.2) is 71.5 Å². The van der Waals surface area contributed by atoms with Crippen LogP contribution >= 0.6 is 11.6 Å². The molecule has 6 rings (SSSR count). The van der Waals surface area contributed by atoms with Gasteiger partial charge in [0.2, 0.25) is 0 Å². The smallest absolute Gasteiger partial charge is 0.418 e. The molecular formula is C42H50ClF3N8O6. The standard InChI is InChI=1S/C42H50ClF3N8O6/c1-3-16-50(4-2)23-24-59-39(56)30-10-12-31(13-11-30)51-19-21-52(22-20-51)38(55)35(27-28-25-33(42(44,45)46)36(47)34(43)26-28)60-41(58)53-17-14-32(15-18-53)54-40(57)48-37(49-54)29-8-6-5-7-9-29/h5-13,25-26,32,35H,3-4,14-24,27,47H2,1-2H3,(H,48,49,57)/t35-/m1/s1. The lowest BCUT2D eigenvalue weighted by atomic mass is 10.0. The summed E-state index contributed by atoms with van der Waals surface area (Å²) in [4.78, 5) is 63.2. The number of nitrogens with zero attached hydrogens (tertiary/aromatic N) is 6. The number of halogens is 4. The van der Waals surface area contributed by atoms with Crippen LogP contribution in [0.1, 0.15) is 60.6 Å². The lowest BCUT2D eigenvalue weighted by molar-refractivity contribution is -0.141. The zero-order valence-electron chi connectivity index (χ0n) is 33.6. The lowest BCUT2D eigenvalue weighted by Gasteiger charge is -2.38. The van der Waals surface area contributed by atoms with E-state index in [1.807, 2.05) is 47.4 Å². The summed E-state index contributed by atoms with van der Waals surface area (Å²) >= 11 is 6.13. The third kappa shape index (κ3) is 10.8. The molecule has 3 aromatic carbocycles. The largest absolute Gasteiger partial charge is 0.461 e. The van der Waals surface area contributed by atoms with E-state index >= 15 is 0 Å². The first-order chi connectivity index (χ1) is 28.7. The number of nitrogens with one attached hydrogen (secondary N) is 1. The number of hydrogen-bond acceptors (Lipinski definition) is 10. The Kier molecular flexibility index (Phi) is 14.4. The predicted octanol–water partition coefficient (Wildman–Crippen LogP) is 6.12. The Hall–Kier alpha value is -5.55. The number of piperidine rings is 1. The van der Waals surface area contributed by atoms with Gasteiger partial charge in [-0.05, 0) is 74.3 Å². The van der Waals surface area contributed by atoms with Gasteiger partial charge in [0.05, 0.1) is 27.9 Å². The van der Waals surface area contributed by atoms with E-state index in [1.54, 1.807) is 12.1 Å². The van der Waals surface area contributed by atoms with Gasteiger partial charge in [-0.1, -0.05) is 55.8 Å². The molecule has 18 heteroatoms. The molecule has 2 fully saturated rings. The molecule has 0 bridgehead atoms. The number of anilines is 2. The Balaban J connectivity index is 1.10. The van der Waals surface area contributed by atoms with Crippen LogP contribution in [0, 0.1) is 0 Å². The second-order valence-corrected chi connectivity index (χ2v) is 15.3. The fraction of sp³-hybridized carbons (Fsp3) is 0.452. The van der Waals surface area contributed by atoms with Gasteiger partial charge in [0.1, 0.15) is 6.61 Å². The van der Waals surface area contributed by atoms with Crippen LogP contribution < -0.4 is 16.3 Å². The molecule has 2 saturated heterocycles. The second-order valence-electron chi connectivity index (χ2n) is 14.9. The van der Waals surface area contributed by atoms with Crippen molar-refractivity contribution >= 4 is 40.9 Å². The monoisotopic (exact) mass is 854 g/mol. The predicted molar refractivity (Wildman–Crippen MR) is 221 cm³/mol. The number of piperazine rings is 1. The maximum Gasteiger partial charge on any atom is 0.418 e. The average molecular weight is 855 g/mol. The number of nitrogen functional groups attached to an aromatic ring is 1. The number of benzene rings is 3. The van der Waals surface area contributed by atoms with Crippen molar-refractivity contribution in [3.63, 3.8) is 0 Å². The normalized spacial score (nSPS) is 15.6. The van der Waals surface area contributed by atoms with Gasteiger partial charge in [-0.25, -0.2) is 19.1 Å². The molecule has 1 aromatic heterocycles. The topological polar surface area (TPSA) is 159 Å². The molecule has 14 nitrogen and oxygen atoms in total. The first-order valence-corrected chi connectivity index (χ1v) is 20.5. The van der Waals surface area contributed by atoms with E-state index in [9.17, 15) is 32.3 Å². The SMILES string of the molecule is CCCN(CC)CCOC(=O)c1ccc(N2CCN(C(=O)[C@@H](Cc3cc(Cl)c(N)c(C(F)(F)F)c3)OC(=O)N3CCC(n4nc(-c5ccccc5)[nH]c4=O)CC3)CC2)cc1. The summed E-state index contributed by atoms with van der Waals surface area (Å²) < 4.78 is 54.4. The van der Waals surface area contributed by atoms with E-state index in [0.717, 1.165) is 36.8 Å². The van der Waals surface area contributed by atoms with E-state index in [0.29, 0.717) is 50.5 Å². The van der Waals surface area contributed by atoms with Crippen molar-refractivity contribution in [1.29, 1.82) is 0 Å². The zero-order valence-corrected chi connectivity index (χ0v) is 34.4. The van der Waals surface area contributed by atoms with E-state index in [4.69, 9.17) is 26.8 Å². The zero-order chi connectivity index (χ0) is 43.0. The fourth-order valence-electron chi connectivity index (χ4n) is 7.51. The third-order valence-electron chi connectivity index (χ3n) is 10.9. The molecule has 3 heterocycles. The number of carbonyl (C=O) groups excluding carboxylic acids is 3. The van der Waals surface area contributed by atoms with Crippen LogP contribution in [-0.2, 0) is 26.9 Å². The first kappa shape index (κ1) is 44.0. The minimum absolute atomic E-state index is 0.0133. The summed E-state index contributed by atoms with van der Waals surface area (Å²) in [6.45, 7) is 8.55. The summed E-state index contributed by atoms with van der Waals surface area (Å²) in [6.07, 6.45) is -5.75. The minimum atomic E-state index is -4.82. The average Bonchev–Trinajstić information content (AvgIpc) is 3.65.